The van der Waals surface area contributed by atoms with Gasteiger partial charge < -0.3 is 9.84 Å². The molecule has 0 spiro atoms. The van der Waals surface area contributed by atoms with Crippen LogP contribution in [0.2, 0.25) is 0 Å². The van der Waals surface area contributed by atoms with E-state index in [4.69, 9.17) is 4.74 Å². The maximum atomic E-state index is 9.19. The van der Waals surface area contributed by atoms with Gasteiger partial charge in [0.2, 0.25) is 0 Å². The zero-order chi connectivity index (χ0) is 19.0. The molecule has 0 fully saturated rings. The number of para-hydroxylation sites is 2. The van der Waals surface area contributed by atoms with E-state index in [2.05, 4.69) is 72.8 Å². The Morgan fingerprint density at radius 3 is 1.67 bits per heavy atom. The SMILES string of the molecule is COc1ccc([N+](CCCCCO)(c2ccccc2)c2ccccc2)cc1. The van der Waals surface area contributed by atoms with Gasteiger partial charge >= 0.3 is 0 Å². The van der Waals surface area contributed by atoms with Gasteiger partial charge in [-0.05, 0) is 55.7 Å². The number of hydrogen-bond donors (Lipinski definition) is 1. The Hall–Kier alpha value is -2.62. The molecule has 0 unspecified atom stereocenters. The van der Waals surface area contributed by atoms with Gasteiger partial charge in [-0.2, -0.15) is 0 Å². The summed E-state index contributed by atoms with van der Waals surface area (Å²) in [5, 5.41) is 9.19. The normalized spacial score (nSPS) is 11.3. The minimum absolute atomic E-state index is 0.249. The zero-order valence-electron chi connectivity index (χ0n) is 15.9. The molecular weight excluding hydrogens is 334 g/mol. The molecule has 3 aromatic rings. The van der Waals surface area contributed by atoms with Crippen molar-refractivity contribution in [2.75, 3.05) is 20.3 Å². The number of hydrogen-bond acceptors (Lipinski definition) is 2. The summed E-state index contributed by atoms with van der Waals surface area (Å²) in [6.07, 6.45) is 2.87. The van der Waals surface area contributed by atoms with Crippen molar-refractivity contribution >= 4 is 17.1 Å². The molecule has 0 atom stereocenters. The predicted molar refractivity (Wildman–Crippen MR) is 113 cm³/mol. The van der Waals surface area contributed by atoms with E-state index in [1.54, 1.807) is 7.11 Å². The summed E-state index contributed by atoms with van der Waals surface area (Å²) in [6.45, 7) is 1.18. The second-order valence-electron chi connectivity index (χ2n) is 6.69. The third-order valence-electron chi connectivity index (χ3n) is 5.06. The minimum Gasteiger partial charge on any atom is -0.497 e. The lowest BCUT2D eigenvalue weighted by Crippen LogP contribution is -2.39. The average molecular weight is 362 g/mol. The Balaban J connectivity index is 2.14. The number of methoxy groups -OCH3 is 1. The zero-order valence-corrected chi connectivity index (χ0v) is 15.9. The first-order valence-corrected chi connectivity index (χ1v) is 9.56. The number of rotatable bonds is 9. The van der Waals surface area contributed by atoms with Gasteiger partial charge in [0, 0.05) is 18.7 Å². The van der Waals surface area contributed by atoms with Gasteiger partial charge in [0.15, 0.2) is 0 Å². The van der Waals surface area contributed by atoms with Crippen LogP contribution in [-0.4, -0.2) is 25.4 Å². The van der Waals surface area contributed by atoms with Crippen LogP contribution in [0.5, 0.6) is 5.75 Å². The first-order chi connectivity index (χ1) is 13.3. The lowest BCUT2D eigenvalue weighted by atomic mass is 10.1. The number of quaternary nitrogens is 1. The Labute approximate surface area is 162 Å². The summed E-state index contributed by atoms with van der Waals surface area (Å²) in [6, 6.07) is 29.7. The molecular formula is C24H28NO2+. The van der Waals surface area contributed by atoms with Crippen molar-refractivity contribution < 1.29 is 9.84 Å². The van der Waals surface area contributed by atoms with Crippen LogP contribution in [0, 0.1) is 0 Å². The molecule has 1 N–H and O–H groups in total. The smallest absolute Gasteiger partial charge is 0.143 e. The molecule has 0 amide bonds. The van der Waals surface area contributed by atoms with E-state index < -0.39 is 0 Å². The number of aliphatic hydroxyl groups excluding tert-OH is 1. The van der Waals surface area contributed by atoms with Gasteiger partial charge in [-0.25, -0.2) is 4.48 Å². The van der Waals surface area contributed by atoms with Crippen molar-refractivity contribution in [1.29, 1.82) is 0 Å². The first-order valence-electron chi connectivity index (χ1n) is 9.56. The van der Waals surface area contributed by atoms with E-state index in [-0.39, 0.29) is 6.61 Å². The van der Waals surface area contributed by atoms with E-state index in [1.165, 1.54) is 17.1 Å². The molecule has 0 bridgehead atoms. The monoisotopic (exact) mass is 362 g/mol. The van der Waals surface area contributed by atoms with Crippen molar-refractivity contribution in [2.45, 2.75) is 19.3 Å². The fourth-order valence-corrected chi connectivity index (χ4v) is 3.67. The molecule has 3 rings (SSSR count). The molecule has 27 heavy (non-hydrogen) atoms. The second kappa shape index (κ2) is 9.36. The summed E-state index contributed by atoms with van der Waals surface area (Å²) >= 11 is 0. The van der Waals surface area contributed by atoms with Gasteiger partial charge in [-0.3, -0.25) is 0 Å². The van der Waals surface area contributed by atoms with Crippen molar-refractivity contribution in [2.24, 2.45) is 0 Å². The van der Waals surface area contributed by atoms with E-state index in [0.717, 1.165) is 31.6 Å². The molecule has 3 nitrogen and oxygen atoms in total. The first kappa shape index (κ1) is 19.2. The summed E-state index contributed by atoms with van der Waals surface area (Å²) in [7, 11) is 1.69. The van der Waals surface area contributed by atoms with E-state index >= 15 is 0 Å². The van der Waals surface area contributed by atoms with Gasteiger partial charge in [0.1, 0.15) is 22.8 Å². The minimum atomic E-state index is 0.249. The van der Waals surface area contributed by atoms with Gasteiger partial charge in [-0.15, -0.1) is 0 Å². The third kappa shape index (κ3) is 4.21. The molecule has 0 aliphatic heterocycles. The van der Waals surface area contributed by atoms with Crippen molar-refractivity contribution in [3.8, 4) is 5.75 Å². The van der Waals surface area contributed by atoms with Crippen molar-refractivity contribution in [3.63, 3.8) is 0 Å². The van der Waals surface area contributed by atoms with Crippen LogP contribution in [0.4, 0.5) is 17.1 Å². The maximum absolute atomic E-state index is 9.19. The van der Waals surface area contributed by atoms with Crippen molar-refractivity contribution in [3.05, 3.63) is 84.9 Å². The predicted octanol–water partition coefficient (Wildman–Crippen LogP) is 5.83. The van der Waals surface area contributed by atoms with Crippen LogP contribution in [0.25, 0.3) is 0 Å². The fraction of sp³-hybridized carbons (Fsp3) is 0.250. The van der Waals surface area contributed by atoms with Crippen LogP contribution in [0.1, 0.15) is 19.3 Å². The van der Waals surface area contributed by atoms with E-state index in [9.17, 15) is 5.11 Å². The Morgan fingerprint density at radius 2 is 1.19 bits per heavy atom. The van der Waals surface area contributed by atoms with Crippen LogP contribution in [0.15, 0.2) is 84.9 Å². The average Bonchev–Trinajstić information content (AvgIpc) is 2.75. The fourth-order valence-electron chi connectivity index (χ4n) is 3.67. The van der Waals surface area contributed by atoms with E-state index in [1.807, 2.05) is 12.1 Å². The Kier molecular flexibility index (Phi) is 6.64. The molecule has 3 heteroatoms. The highest BCUT2D eigenvalue weighted by Crippen LogP contribution is 2.44. The van der Waals surface area contributed by atoms with Crippen molar-refractivity contribution in [1.82, 2.24) is 4.48 Å². The molecule has 0 aliphatic rings. The molecule has 140 valence electrons. The van der Waals surface area contributed by atoms with Gasteiger partial charge in [0.25, 0.3) is 0 Å². The largest absolute Gasteiger partial charge is 0.497 e. The second-order valence-corrected chi connectivity index (χ2v) is 6.69. The molecule has 0 radical (unpaired) electrons. The number of ether oxygens (including phenoxy) is 1. The number of aliphatic hydroxyl groups is 1. The highest BCUT2D eigenvalue weighted by molar-refractivity contribution is 5.71. The topological polar surface area (TPSA) is 29.5 Å². The summed E-state index contributed by atoms with van der Waals surface area (Å²) in [4.78, 5) is 0. The van der Waals surface area contributed by atoms with Gasteiger partial charge in [0.05, 0.1) is 13.7 Å². The highest BCUT2D eigenvalue weighted by Gasteiger charge is 2.35. The summed E-state index contributed by atoms with van der Waals surface area (Å²) in [5.41, 5.74) is 3.67. The van der Waals surface area contributed by atoms with E-state index in [0.29, 0.717) is 4.48 Å². The number of unbranched alkanes of at least 4 members (excludes halogenated alkanes) is 2. The van der Waals surface area contributed by atoms with Gasteiger partial charge in [-0.1, -0.05) is 36.4 Å². The molecule has 0 aliphatic carbocycles. The van der Waals surface area contributed by atoms with Crippen LogP contribution in [0.3, 0.4) is 0 Å². The maximum Gasteiger partial charge on any atom is 0.143 e. The molecule has 0 saturated carbocycles. The highest BCUT2D eigenvalue weighted by atomic mass is 16.5. The molecule has 3 aromatic carbocycles. The summed E-state index contributed by atoms with van der Waals surface area (Å²) in [5.74, 6) is 0.859. The number of benzene rings is 3. The third-order valence-corrected chi connectivity index (χ3v) is 5.06. The molecule has 0 saturated heterocycles. The Morgan fingerprint density at radius 1 is 0.667 bits per heavy atom. The standard InChI is InChI=1S/C24H28NO2/c1-27-24-17-15-23(16-18-24)25(19-9-4-10-20-26,21-11-5-2-6-12-21)22-13-7-3-8-14-22/h2-3,5-8,11-18,26H,4,9-10,19-20H2,1H3/q+1. The Bertz CT molecular complexity index is 761. The lowest BCUT2D eigenvalue weighted by Gasteiger charge is -2.37. The lowest BCUT2D eigenvalue weighted by molar-refractivity contribution is 0.281. The summed E-state index contributed by atoms with van der Waals surface area (Å²) < 4.78 is 6.02. The quantitative estimate of drug-likeness (QED) is 0.383. The number of nitrogens with zero attached hydrogens (tertiary/aromatic N) is 1. The van der Waals surface area contributed by atoms with Crippen LogP contribution in [-0.2, 0) is 0 Å². The van der Waals surface area contributed by atoms with Crippen LogP contribution < -0.4 is 9.22 Å². The van der Waals surface area contributed by atoms with Crippen LogP contribution >= 0.6 is 0 Å². The molecule has 0 aromatic heterocycles. The molecule has 0 heterocycles.